The molecular formula is C9H12N6O3S2. The van der Waals surface area contributed by atoms with Gasteiger partial charge >= 0.3 is 0 Å². The highest BCUT2D eigenvalue weighted by atomic mass is 32.2. The fourth-order valence-electron chi connectivity index (χ4n) is 1.32. The summed E-state index contributed by atoms with van der Waals surface area (Å²) < 4.78 is 26.0. The number of sulfonamides is 1. The van der Waals surface area contributed by atoms with Crippen molar-refractivity contribution in [1.82, 2.24) is 24.9 Å². The number of aromatic amines is 1. The van der Waals surface area contributed by atoms with Crippen LogP contribution in [0.5, 0.6) is 0 Å². The lowest BCUT2D eigenvalue weighted by Crippen LogP contribution is -2.26. The van der Waals surface area contributed by atoms with Gasteiger partial charge in [0.2, 0.25) is 15.4 Å². The van der Waals surface area contributed by atoms with E-state index < -0.39 is 10.0 Å². The number of imidazole rings is 1. The molecule has 0 bridgehead atoms. The van der Waals surface area contributed by atoms with E-state index in [1.54, 1.807) is 6.20 Å². The molecule has 2 aromatic heterocycles. The Hall–Kier alpha value is -1.85. The minimum absolute atomic E-state index is 0.145. The SMILES string of the molecule is CC(=O)Nc1nnc(S(=O)(=O)NCCc2cnc[nH]2)s1. The lowest BCUT2D eigenvalue weighted by molar-refractivity contribution is -0.114. The Kier molecular flexibility index (Phi) is 4.42. The summed E-state index contributed by atoms with van der Waals surface area (Å²) in [6, 6.07) is 0. The summed E-state index contributed by atoms with van der Waals surface area (Å²) in [7, 11) is -3.72. The molecule has 11 heteroatoms. The molecular weight excluding hydrogens is 304 g/mol. The van der Waals surface area contributed by atoms with Crippen molar-refractivity contribution >= 4 is 32.4 Å². The zero-order valence-corrected chi connectivity index (χ0v) is 12.1. The number of amides is 1. The number of aromatic nitrogens is 4. The van der Waals surface area contributed by atoms with Crippen molar-refractivity contribution in [2.24, 2.45) is 0 Å². The number of H-pyrrole nitrogens is 1. The predicted molar refractivity (Wildman–Crippen MR) is 71.7 cm³/mol. The minimum Gasteiger partial charge on any atom is -0.348 e. The predicted octanol–water partition coefficient (Wildman–Crippen LogP) is -0.259. The van der Waals surface area contributed by atoms with Crippen molar-refractivity contribution in [2.75, 3.05) is 11.9 Å². The fourth-order valence-corrected chi connectivity index (χ4v) is 3.34. The second-order valence-electron chi connectivity index (χ2n) is 3.78. The average molecular weight is 316 g/mol. The first kappa shape index (κ1) is 14.6. The van der Waals surface area contributed by atoms with Gasteiger partial charge in [0.1, 0.15) is 0 Å². The lowest BCUT2D eigenvalue weighted by Gasteiger charge is -2.01. The van der Waals surface area contributed by atoms with Crippen molar-refractivity contribution in [2.45, 2.75) is 17.7 Å². The third-order valence-electron chi connectivity index (χ3n) is 2.16. The van der Waals surface area contributed by atoms with Gasteiger partial charge in [0, 0.05) is 31.8 Å². The van der Waals surface area contributed by atoms with Crippen LogP contribution in [0.2, 0.25) is 0 Å². The number of anilines is 1. The zero-order chi connectivity index (χ0) is 14.6. The largest absolute Gasteiger partial charge is 0.348 e. The van der Waals surface area contributed by atoms with E-state index in [0.717, 1.165) is 17.0 Å². The Balaban J connectivity index is 1.95. The fraction of sp³-hybridized carbons (Fsp3) is 0.333. The molecule has 2 heterocycles. The number of rotatable bonds is 6. The smallest absolute Gasteiger partial charge is 0.269 e. The average Bonchev–Trinajstić information content (AvgIpc) is 2.99. The number of hydrogen-bond donors (Lipinski definition) is 3. The van der Waals surface area contributed by atoms with Crippen LogP contribution in [-0.4, -0.2) is 41.0 Å². The van der Waals surface area contributed by atoms with Crippen LogP contribution < -0.4 is 10.0 Å². The summed E-state index contributed by atoms with van der Waals surface area (Å²) in [5, 5.41) is 9.64. The summed E-state index contributed by atoms with van der Waals surface area (Å²) in [5.41, 5.74) is 0.823. The topological polar surface area (TPSA) is 130 Å². The van der Waals surface area contributed by atoms with E-state index in [-0.39, 0.29) is 21.9 Å². The van der Waals surface area contributed by atoms with Gasteiger partial charge in [-0.2, -0.15) is 0 Å². The van der Waals surface area contributed by atoms with E-state index in [1.165, 1.54) is 13.3 Å². The van der Waals surface area contributed by atoms with E-state index in [9.17, 15) is 13.2 Å². The third kappa shape index (κ3) is 3.82. The molecule has 0 spiro atoms. The van der Waals surface area contributed by atoms with E-state index in [1.807, 2.05) is 0 Å². The normalized spacial score (nSPS) is 11.4. The Morgan fingerprint density at radius 1 is 1.45 bits per heavy atom. The maximum absolute atomic E-state index is 11.9. The van der Waals surface area contributed by atoms with Crippen LogP contribution in [0, 0.1) is 0 Å². The Morgan fingerprint density at radius 2 is 2.25 bits per heavy atom. The van der Waals surface area contributed by atoms with Gasteiger partial charge in [0.05, 0.1) is 6.33 Å². The molecule has 0 aromatic carbocycles. The first-order chi connectivity index (χ1) is 9.47. The van der Waals surface area contributed by atoms with Crippen LogP contribution in [0.25, 0.3) is 0 Å². The maximum Gasteiger partial charge on any atom is 0.269 e. The minimum atomic E-state index is -3.72. The van der Waals surface area contributed by atoms with Gasteiger partial charge in [0.25, 0.3) is 10.0 Å². The molecule has 0 aliphatic rings. The molecule has 2 rings (SSSR count). The van der Waals surface area contributed by atoms with Gasteiger partial charge in [0.15, 0.2) is 0 Å². The van der Waals surface area contributed by atoms with Crippen LogP contribution in [0.3, 0.4) is 0 Å². The number of carbonyl (C=O) groups excluding carboxylic acids is 1. The molecule has 0 aliphatic heterocycles. The number of nitrogens with one attached hydrogen (secondary N) is 3. The molecule has 0 saturated heterocycles. The van der Waals surface area contributed by atoms with Crippen molar-refractivity contribution in [3.05, 3.63) is 18.2 Å². The molecule has 0 saturated carbocycles. The zero-order valence-electron chi connectivity index (χ0n) is 10.5. The van der Waals surface area contributed by atoms with Crippen LogP contribution >= 0.6 is 11.3 Å². The highest BCUT2D eigenvalue weighted by Gasteiger charge is 2.20. The summed E-state index contributed by atoms with van der Waals surface area (Å²) in [5.74, 6) is -0.336. The molecule has 0 radical (unpaired) electrons. The summed E-state index contributed by atoms with van der Waals surface area (Å²) in [6.07, 6.45) is 3.62. The van der Waals surface area contributed by atoms with E-state index in [0.29, 0.717) is 6.42 Å². The Labute approximate surface area is 118 Å². The molecule has 20 heavy (non-hydrogen) atoms. The quantitative estimate of drug-likeness (QED) is 0.630. The van der Waals surface area contributed by atoms with E-state index in [2.05, 4.69) is 30.2 Å². The molecule has 108 valence electrons. The number of nitrogens with zero attached hydrogens (tertiary/aromatic N) is 3. The van der Waals surface area contributed by atoms with E-state index >= 15 is 0 Å². The molecule has 1 amide bonds. The molecule has 0 unspecified atom stereocenters. The molecule has 2 aromatic rings. The van der Waals surface area contributed by atoms with Crippen molar-refractivity contribution in [3.8, 4) is 0 Å². The first-order valence-corrected chi connectivity index (χ1v) is 7.85. The number of carbonyl (C=O) groups is 1. The lowest BCUT2D eigenvalue weighted by atomic mass is 10.3. The highest BCUT2D eigenvalue weighted by Crippen LogP contribution is 2.19. The van der Waals surface area contributed by atoms with Gasteiger partial charge in [-0.15, -0.1) is 10.2 Å². The van der Waals surface area contributed by atoms with Crippen molar-refractivity contribution < 1.29 is 13.2 Å². The monoisotopic (exact) mass is 316 g/mol. The van der Waals surface area contributed by atoms with Gasteiger partial charge in [-0.1, -0.05) is 11.3 Å². The second kappa shape index (κ2) is 6.07. The molecule has 9 nitrogen and oxygen atoms in total. The maximum atomic E-state index is 11.9. The number of hydrogen-bond acceptors (Lipinski definition) is 7. The molecule has 3 N–H and O–H groups in total. The van der Waals surface area contributed by atoms with Crippen LogP contribution in [0.4, 0.5) is 5.13 Å². The second-order valence-corrected chi connectivity index (χ2v) is 6.70. The summed E-state index contributed by atoms with van der Waals surface area (Å²) in [4.78, 5) is 17.5. The van der Waals surface area contributed by atoms with Crippen LogP contribution in [0.15, 0.2) is 16.9 Å². The van der Waals surface area contributed by atoms with Crippen molar-refractivity contribution in [1.29, 1.82) is 0 Å². The summed E-state index contributed by atoms with van der Waals surface area (Å²) >= 11 is 0.791. The molecule has 0 aliphatic carbocycles. The molecule has 0 fully saturated rings. The molecule has 0 atom stereocenters. The van der Waals surface area contributed by atoms with Crippen molar-refractivity contribution in [3.63, 3.8) is 0 Å². The Bertz CT molecular complexity index is 678. The van der Waals surface area contributed by atoms with Gasteiger partial charge in [-0.25, -0.2) is 18.1 Å². The summed E-state index contributed by atoms with van der Waals surface area (Å²) in [6.45, 7) is 1.51. The van der Waals surface area contributed by atoms with Crippen LogP contribution in [0.1, 0.15) is 12.6 Å². The van der Waals surface area contributed by atoms with Gasteiger partial charge in [-0.05, 0) is 0 Å². The van der Waals surface area contributed by atoms with E-state index in [4.69, 9.17) is 0 Å². The van der Waals surface area contributed by atoms with Gasteiger partial charge in [-0.3, -0.25) is 4.79 Å². The third-order valence-corrected chi connectivity index (χ3v) is 4.83. The Morgan fingerprint density at radius 3 is 2.90 bits per heavy atom. The van der Waals surface area contributed by atoms with Crippen LogP contribution in [-0.2, 0) is 21.2 Å². The van der Waals surface area contributed by atoms with Gasteiger partial charge < -0.3 is 10.3 Å². The highest BCUT2D eigenvalue weighted by molar-refractivity contribution is 7.91. The first-order valence-electron chi connectivity index (χ1n) is 5.55. The standard InChI is InChI=1S/C9H12N6O3S2/c1-6(16)13-8-14-15-9(19-8)20(17,18)12-3-2-7-4-10-5-11-7/h4-5,12H,2-3H2,1H3,(H,10,11)(H,13,14,16).